The Balaban J connectivity index is 2.60. The summed E-state index contributed by atoms with van der Waals surface area (Å²) in [5.74, 6) is -0.764. The molecule has 0 aliphatic heterocycles. The minimum Gasteiger partial charge on any atom is -0.507 e. The van der Waals surface area contributed by atoms with Gasteiger partial charge >= 0.3 is 12.4 Å². The van der Waals surface area contributed by atoms with Gasteiger partial charge in [-0.2, -0.15) is 31.6 Å². The lowest BCUT2D eigenvalue weighted by Gasteiger charge is -2.23. The van der Waals surface area contributed by atoms with Crippen LogP contribution in [0.1, 0.15) is 60.6 Å². The van der Waals surface area contributed by atoms with Crippen molar-refractivity contribution in [1.29, 1.82) is 10.7 Å². The van der Waals surface area contributed by atoms with Crippen LogP contribution in [0.2, 0.25) is 0 Å². The summed E-state index contributed by atoms with van der Waals surface area (Å²) in [6.45, 7) is 3.49. The Morgan fingerprint density at radius 3 is 2.09 bits per heavy atom. The number of nitrogens with one attached hydrogen (secondary N) is 1. The van der Waals surface area contributed by atoms with Gasteiger partial charge in [0.15, 0.2) is 0 Å². The monoisotopic (exact) mass is 472 g/mol. The number of hydrogen-bond donors (Lipinski definition) is 2. The maximum absolute atomic E-state index is 13.2. The summed E-state index contributed by atoms with van der Waals surface area (Å²) in [6.07, 6.45) is -9.68. The van der Waals surface area contributed by atoms with Crippen molar-refractivity contribution in [2.45, 2.75) is 58.0 Å². The molecule has 0 aromatic heterocycles. The van der Waals surface area contributed by atoms with E-state index in [9.17, 15) is 36.7 Å². The third-order valence-electron chi connectivity index (χ3n) is 4.89. The molecule has 1 unspecified atom stereocenters. The molecule has 0 amide bonds. The normalized spacial score (nSPS) is 12.8. The summed E-state index contributed by atoms with van der Waals surface area (Å²) in [5, 5.41) is 27.6. The number of phenolic OH excluding ortho intramolecular Hbond substituents is 1. The number of aryl methyl sites for hydroxylation is 1. The lowest BCUT2D eigenvalue weighted by atomic mass is 9.94. The van der Waals surface area contributed by atoms with Gasteiger partial charge in [-0.1, -0.05) is 38.8 Å². The van der Waals surface area contributed by atoms with Gasteiger partial charge in [0.1, 0.15) is 23.3 Å². The highest BCUT2D eigenvalue weighted by atomic mass is 19.4. The van der Waals surface area contributed by atoms with Crippen molar-refractivity contribution in [1.82, 2.24) is 0 Å². The highest BCUT2D eigenvalue weighted by Crippen LogP contribution is 2.41. The van der Waals surface area contributed by atoms with E-state index in [0.717, 1.165) is 30.3 Å². The number of rotatable bonds is 8. The Labute approximate surface area is 186 Å². The Bertz CT molecular complexity index is 1040. The van der Waals surface area contributed by atoms with E-state index < -0.39 is 41.0 Å². The van der Waals surface area contributed by atoms with Gasteiger partial charge < -0.3 is 9.84 Å². The fourth-order valence-electron chi connectivity index (χ4n) is 3.33. The second-order valence-corrected chi connectivity index (χ2v) is 7.36. The van der Waals surface area contributed by atoms with Crippen LogP contribution >= 0.6 is 0 Å². The van der Waals surface area contributed by atoms with Crippen LogP contribution in [0, 0.1) is 16.7 Å². The molecule has 0 aliphatic rings. The molecule has 10 heteroatoms. The zero-order valence-corrected chi connectivity index (χ0v) is 17.9. The predicted molar refractivity (Wildman–Crippen MR) is 109 cm³/mol. The number of aromatic hydroxyl groups is 1. The lowest BCUT2D eigenvalue weighted by Crippen LogP contribution is -2.23. The van der Waals surface area contributed by atoms with E-state index in [1.54, 1.807) is 13.8 Å². The van der Waals surface area contributed by atoms with Gasteiger partial charge in [-0.05, 0) is 36.6 Å². The van der Waals surface area contributed by atoms with Crippen LogP contribution in [0.3, 0.4) is 0 Å². The number of nitrogens with zero attached hydrogens (tertiary/aromatic N) is 1. The molecule has 1 atom stereocenters. The van der Waals surface area contributed by atoms with E-state index in [0.29, 0.717) is 12.8 Å². The summed E-state index contributed by atoms with van der Waals surface area (Å²) < 4.78 is 83.8. The molecule has 0 radical (unpaired) electrons. The maximum atomic E-state index is 13.2. The van der Waals surface area contributed by atoms with Crippen LogP contribution in [-0.2, 0) is 19.0 Å². The Kier molecular flexibility index (Phi) is 8.01. The third kappa shape index (κ3) is 5.97. The maximum Gasteiger partial charge on any atom is 0.433 e. The van der Waals surface area contributed by atoms with Crippen molar-refractivity contribution >= 4 is 5.71 Å². The number of alkyl halides is 6. The van der Waals surface area contributed by atoms with E-state index in [1.807, 2.05) is 6.07 Å². The van der Waals surface area contributed by atoms with Crippen LogP contribution < -0.4 is 4.74 Å². The summed E-state index contributed by atoms with van der Waals surface area (Å²) in [4.78, 5) is 0. The molecule has 0 saturated carbocycles. The zero-order valence-electron chi connectivity index (χ0n) is 17.9. The Morgan fingerprint density at radius 2 is 1.64 bits per heavy atom. The van der Waals surface area contributed by atoms with E-state index in [-0.39, 0.29) is 35.3 Å². The average Bonchev–Trinajstić information content (AvgIpc) is 2.74. The zero-order chi connectivity index (χ0) is 25.0. The smallest absolute Gasteiger partial charge is 0.433 e. The van der Waals surface area contributed by atoms with Crippen LogP contribution in [0.5, 0.6) is 11.5 Å². The first-order valence-electron chi connectivity index (χ1n) is 10.1. The number of ether oxygens (including phenoxy) is 1. The molecule has 2 aromatic rings. The molecule has 178 valence electrons. The van der Waals surface area contributed by atoms with Crippen LogP contribution in [0.25, 0.3) is 0 Å². The van der Waals surface area contributed by atoms with E-state index in [4.69, 9.17) is 10.1 Å². The van der Waals surface area contributed by atoms with Crippen molar-refractivity contribution in [3.8, 4) is 17.6 Å². The Morgan fingerprint density at radius 1 is 1.06 bits per heavy atom. The first-order chi connectivity index (χ1) is 15.3. The number of benzene rings is 2. The standard InChI is InChI=1S/C23H22F6N2O2/c1-3-5-14-11-17(21(31)23(27,28)29)19(32)16(6-4-2)20(14)33-18(12-30)13-7-9-15(10-8-13)22(24,25)26/h7-11,18,31-32H,3-6H2,1-2H3. The van der Waals surface area contributed by atoms with Gasteiger partial charge in [0.25, 0.3) is 0 Å². The largest absolute Gasteiger partial charge is 0.507 e. The van der Waals surface area contributed by atoms with E-state index in [2.05, 4.69) is 0 Å². The van der Waals surface area contributed by atoms with Crippen LogP contribution in [-0.4, -0.2) is 17.0 Å². The van der Waals surface area contributed by atoms with Crippen molar-refractivity contribution < 1.29 is 36.2 Å². The second kappa shape index (κ2) is 10.1. The molecule has 2 aromatic carbocycles. The van der Waals surface area contributed by atoms with Gasteiger partial charge in [0.05, 0.1) is 5.56 Å². The number of nitriles is 1. The highest BCUT2D eigenvalue weighted by molar-refractivity contribution is 6.05. The molecular weight excluding hydrogens is 450 g/mol. The van der Waals surface area contributed by atoms with Crippen LogP contribution in [0.4, 0.5) is 26.3 Å². The molecular formula is C23H22F6N2O2. The quantitative estimate of drug-likeness (QED) is 0.324. The van der Waals surface area contributed by atoms with Gasteiger partial charge in [-0.3, -0.25) is 5.41 Å². The van der Waals surface area contributed by atoms with Gasteiger partial charge in [-0.15, -0.1) is 0 Å². The third-order valence-corrected chi connectivity index (χ3v) is 4.89. The van der Waals surface area contributed by atoms with Crippen molar-refractivity contribution in [3.63, 3.8) is 0 Å². The molecule has 2 N–H and O–H groups in total. The van der Waals surface area contributed by atoms with E-state index >= 15 is 0 Å². The van der Waals surface area contributed by atoms with Crippen molar-refractivity contribution in [3.05, 3.63) is 58.1 Å². The molecule has 4 nitrogen and oxygen atoms in total. The van der Waals surface area contributed by atoms with Crippen molar-refractivity contribution in [2.75, 3.05) is 0 Å². The minimum atomic E-state index is -4.98. The lowest BCUT2D eigenvalue weighted by molar-refractivity contribution is -0.137. The number of phenols is 1. The minimum absolute atomic E-state index is 0.00127. The van der Waals surface area contributed by atoms with Crippen LogP contribution in [0.15, 0.2) is 30.3 Å². The fraction of sp³-hybridized carbons (Fsp3) is 0.391. The topological polar surface area (TPSA) is 77.1 Å². The van der Waals surface area contributed by atoms with Gasteiger partial charge in [0, 0.05) is 16.7 Å². The summed E-state index contributed by atoms with van der Waals surface area (Å²) in [5.41, 5.74) is -2.92. The molecule has 0 aliphatic carbocycles. The summed E-state index contributed by atoms with van der Waals surface area (Å²) >= 11 is 0. The molecule has 0 spiro atoms. The molecule has 33 heavy (non-hydrogen) atoms. The summed E-state index contributed by atoms with van der Waals surface area (Å²) in [6, 6.07) is 6.63. The first kappa shape index (κ1) is 26.0. The SMILES string of the molecule is CCCc1cc(C(=N)C(F)(F)F)c(O)c(CCC)c1OC(C#N)c1ccc(C(F)(F)F)cc1. The molecule has 0 bridgehead atoms. The van der Waals surface area contributed by atoms with E-state index in [1.165, 1.54) is 0 Å². The molecule has 0 fully saturated rings. The number of hydrogen-bond acceptors (Lipinski definition) is 4. The second-order valence-electron chi connectivity index (χ2n) is 7.36. The fourth-order valence-corrected chi connectivity index (χ4v) is 3.33. The first-order valence-corrected chi connectivity index (χ1v) is 10.1. The highest BCUT2D eigenvalue weighted by Gasteiger charge is 2.38. The molecule has 2 rings (SSSR count). The molecule has 0 heterocycles. The summed E-state index contributed by atoms with van der Waals surface area (Å²) in [7, 11) is 0. The number of halogens is 6. The van der Waals surface area contributed by atoms with Crippen molar-refractivity contribution in [2.24, 2.45) is 0 Å². The van der Waals surface area contributed by atoms with Gasteiger partial charge in [-0.25, -0.2) is 0 Å². The average molecular weight is 472 g/mol. The van der Waals surface area contributed by atoms with Gasteiger partial charge in [0.2, 0.25) is 6.10 Å². The molecule has 0 saturated heterocycles. The Hall–Kier alpha value is -3.22. The predicted octanol–water partition coefficient (Wildman–Crippen LogP) is 6.89.